The van der Waals surface area contributed by atoms with Gasteiger partial charge in [0.15, 0.2) is 6.10 Å². The Bertz CT molecular complexity index is 986. The molecule has 9 nitrogen and oxygen atoms in total. The fourth-order valence-corrected chi connectivity index (χ4v) is 6.78. The van der Waals surface area contributed by atoms with Crippen molar-refractivity contribution in [3.63, 3.8) is 0 Å². The van der Waals surface area contributed by atoms with E-state index in [4.69, 9.17) is 24.3 Å². The van der Waals surface area contributed by atoms with Crippen LogP contribution >= 0.6 is 7.82 Å². The van der Waals surface area contributed by atoms with Crippen molar-refractivity contribution in [2.45, 2.75) is 206 Å². The summed E-state index contributed by atoms with van der Waals surface area (Å²) >= 11 is 0. The highest BCUT2D eigenvalue weighted by Crippen LogP contribution is 2.43. The Kier molecular flexibility index (Phi) is 39.5. The molecule has 0 radical (unpaired) electrons. The minimum Gasteiger partial charge on any atom is -0.462 e. The Morgan fingerprint density at radius 1 is 0.556 bits per heavy atom. The van der Waals surface area contributed by atoms with E-state index in [0.717, 1.165) is 38.5 Å². The van der Waals surface area contributed by atoms with E-state index in [1.165, 1.54) is 128 Å². The van der Waals surface area contributed by atoms with Gasteiger partial charge in [-0.15, -0.1) is 0 Å². The molecule has 0 saturated carbocycles. The van der Waals surface area contributed by atoms with E-state index in [9.17, 15) is 19.0 Å². The second-order valence-corrected chi connectivity index (χ2v) is 16.0. The topological polar surface area (TPSA) is 134 Å². The van der Waals surface area contributed by atoms with Crippen molar-refractivity contribution in [1.29, 1.82) is 0 Å². The number of ether oxygens (including phenoxy) is 2. The first-order valence-corrected chi connectivity index (χ1v) is 23.5. The van der Waals surface area contributed by atoms with Crippen LogP contribution in [0.5, 0.6) is 0 Å². The molecule has 3 N–H and O–H groups in total. The Balaban J connectivity index is 4.23. The number of phosphoric ester groups is 1. The number of rotatable bonds is 41. The van der Waals surface area contributed by atoms with Crippen LogP contribution in [-0.2, 0) is 32.7 Å². The van der Waals surface area contributed by atoms with Gasteiger partial charge in [0.05, 0.1) is 13.2 Å². The average Bonchev–Trinajstić information content (AvgIpc) is 3.16. The Morgan fingerprint density at radius 3 is 1.50 bits per heavy atom. The summed E-state index contributed by atoms with van der Waals surface area (Å²) in [5, 5.41) is 0. The third kappa shape index (κ3) is 39.9. The molecule has 2 unspecified atom stereocenters. The van der Waals surface area contributed by atoms with E-state index in [2.05, 4.69) is 38.2 Å². The van der Waals surface area contributed by atoms with Crippen molar-refractivity contribution in [2.75, 3.05) is 26.4 Å². The van der Waals surface area contributed by atoms with Crippen LogP contribution in [-0.4, -0.2) is 49.3 Å². The van der Waals surface area contributed by atoms with Crippen molar-refractivity contribution in [2.24, 2.45) is 5.73 Å². The summed E-state index contributed by atoms with van der Waals surface area (Å²) in [5.41, 5.74) is 5.34. The summed E-state index contributed by atoms with van der Waals surface area (Å²) in [6.45, 7) is 3.67. The summed E-state index contributed by atoms with van der Waals surface area (Å²) in [7, 11) is -4.39. The molecule has 0 aromatic rings. The van der Waals surface area contributed by atoms with Crippen LogP contribution < -0.4 is 5.73 Å². The fourth-order valence-electron chi connectivity index (χ4n) is 6.02. The third-order valence-corrected chi connectivity index (χ3v) is 10.3. The first-order chi connectivity index (χ1) is 26.3. The highest BCUT2D eigenvalue weighted by molar-refractivity contribution is 7.47. The summed E-state index contributed by atoms with van der Waals surface area (Å²) in [6.07, 6.45) is 44.8. The van der Waals surface area contributed by atoms with E-state index in [1.54, 1.807) is 0 Å². The second-order valence-electron chi connectivity index (χ2n) is 14.6. The van der Waals surface area contributed by atoms with Gasteiger partial charge in [-0.2, -0.15) is 0 Å². The number of esters is 2. The second kappa shape index (κ2) is 40.9. The van der Waals surface area contributed by atoms with Crippen LogP contribution in [0.2, 0.25) is 0 Å². The van der Waals surface area contributed by atoms with Crippen molar-refractivity contribution in [1.82, 2.24) is 0 Å². The van der Waals surface area contributed by atoms with Gasteiger partial charge in [-0.1, -0.05) is 185 Å². The quantitative estimate of drug-likeness (QED) is 0.0269. The number of carbonyl (C=O) groups excluding carboxylic acids is 2. The molecule has 2 atom stereocenters. The van der Waals surface area contributed by atoms with Gasteiger partial charge < -0.3 is 20.1 Å². The van der Waals surface area contributed by atoms with Gasteiger partial charge in [-0.25, -0.2) is 4.57 Å². The van der Waals surface area contributed by atoms with Crippen LogP contribution in [0.25, 0.3) is 0 Å². The Labute approximate surface area is 331 Å². The number of nitrogens with two attached hydrogens (primary N) is 1. The molecule has 10 heteroatoms. The Hall–Kier alpha value is -1.77. The maximum absolute atomic E-state index is 12.5. The normalized spacial score (nSPS) is 13.6. The minimum atomic E-state index is -4.39. The lowest BCUT2D eigenvalue weighted by atomic mass is 10.0. The number of allylic oxidation sites excluding steroid dienone is 6. The zero-order valence-corrected chi connectivity index (χ0v) is 35.6. The van der Waals surface area contributed by atoms with E-state index < -0.39 is 32.5 Å². The summed E-state index contributed by atoms with van der Waals surface area (Å²) in [6, 6.07) is 0. The van der Waals surface area contributed by atoms with Crippen LogP contribution in [0.4, 0.5) is 0 Å². The van der Waals surface area contributed by atoms with Crippen molar-refractivity contribution < 1.29 is 37.6 Å². The largest absolute Gasteiger partial charge is 0.472 e. The molecule has 0 aromatic heterocycles. The summed E-state index contributed by atoms with van der Waals surface area (Å²) < 4.78 is 32.7. The molecule has 0 aliphatic carbocycles. The minimum absolute atomic E-state index is 0.0447. The predicted molar refractivity (Wildman–Crippen MR) is 224 cm³/mol. The van der Waals surface area contributed by atoms with Gasteiger partial charge in [0.1, 0.15) is 6.61 Å². The smallest absolute Gasteiger partial charge is 0.462 e. The molecule has 0 spiro atoms. The lowest BCUT2D eigenvalue weighted by molar-refractivity contribution is -0.161. The molecule has 0 aliphatic heterocycles. The molecular weight excluding hydrogens is 701 g/mol. The standard InChI is InChI=1S/C44H82NO8P/c1-3-5-7-9-11-13-15-17-19-21-23-25-27-29-31-33-35-37-44(47)53-42(41-52-54(48,49)51-39-38-45)40-50-43(46)36-34-32-30-28-26-24-22-20-18-16-14-12-10-8-6-4-2/h19,21,25,27,31,33,42H,3-18,20,22-24,26,28-30,32,34-41,45H2,1-2H3,(H,48,49)/b21-19-,27-25-,33-31-. The fraction of sp³-hybridized carbons (Fsp3) is 0.818. The van der Waals surface area contributed by atoms with E-state index >= 15 is 0 Å². The van der Waals surface area contributed by atoms with Gasteiger partial charge in [0.2, 0.25) is 0 Å². The third-order valence-electron chi connectivity index (χ3n) is 9.29. The van der Waals surface area contributed by atoms with E-state index in [1.807, 2.05) is 12.2 Å². The SMILES string of the molecule is CCCCCCCCC/C=C\C/C=C\C/C=C\CCC(=O)OC(COC(=O)CCCCCCCCCCCCCCCCCC)COP(=O)(O)OCCN. The van der Waals surface area contributed by atoms with Crippen LogP contribution in [0.1, 0.15) is 200 Å². The highest BCUT2D eigenvalue weighted by atomic mass is 31.2. The van der Waals surface area contributed by atoms with Crippen molar-refractivity contribution in [3.8, 4) is 0 Å². The van der Waals surface area contributed by atoms with Crippen LogP contribution in [0.3, 0.4) is 0 Å². The van der Waals surface area contributed by atoms with Crippen LogP contribution in [0, 0.1) is 0 Å². The average molecular weight is 784 g/mol. The molecule has 0 aromatic carbocycles. The molecule has 0 fully saturated rings. The molecule has 54 heavy (non-hydrogen) atoms. The molecule has 0 saturated heterocycles. The van der Waals surface area contributed by atoms with E-state index in [0.29, 0.717) is 6.42 Å². The first kappa shape index (κ1) is 52.2. The van der Waals surface area contributed by atoms with Crippen molar-refractivity contribution >= 4 is 19.8 Å². The molecule has 0 heterocycles. The van der Waals surface area contributed by atoms with Crippen LogP contribution in [0.15, 0.2) is 36.5 Å². The monoisotopic (exact) mass is 784 g/mol. The molecule has 0 amide bonds. The van der Waals surface area contributed by atoms with Gasteiger partial charge in [-0.05, 0) is 38.5 Å². The molecule has 0 rings (SSSR count). The van der Waals surface area contributed by atoms with Gasteiger partial charge in [-0.3, -0.25) is 18.6 Å². The van der Waals surface area contributed by atoms with E-state index in [-0.39, 0.29) is 32.6 Å². The number of carbonyl (C=O) groups is 2. The number of unbranched alkanes of at least 4 members (excludes halogenated alkanes) is 22. The molecular formula is C44H82NO8P. The Morgan fingerprint density at radius 2 is 1.00 bits per heavy atom. The maximum Gasteiger partial charge on any atom is 0.472 e. The molecule has 0 aliphatic rings. The highest BCUT2D eigenvalue weighted by Gasteiger charge is 2.25. The summed E-state index contributed by atoms with van der Waals surface area (Å²) in [4.78, 5) is 34.8. The van der Waals surface area contributed by atoms with Gasteiger partial charge in [0, 0.05) is 19.4 Å². The van der Waals surface area contributed by atoms with Gasteiger partial charge >= 0.3 is 19.8 Å². The predicted octanol–water partition coefficient (Wildman–Crippen LogP) is 12.6. The maximum atomic E-state index is 12.5. The zero-order valence-electron chi connectivity index (χ0n) is 34.7. The number of hydrogen-bond acceptors (Lipinski definition) is 8. The zero-order chi connectivity index (χ0) is 39.6. The number of phosphoric acid groups is 1. The van der Waals surface area contributed by atoms with Crippen molar-refractivity contribution in [3.05, 3.63) is 36.5 Å². The summed E-state index contributed by atoms with van der Waals surface area (Å²) in [5.74, 6) is -0.910. The number of hydrogen-bond donors (Lipinski definition) is 2. The lowest BCUT2D eigenvalue weighted by Gasteiger charge is -2.19. The lowest BCUT2D eigenvalue weighted by Crippen LogP contribution is -2.29. The molecule has 316 valence electrons. The first-order valence-electron chi connectivity index (χ1n) is 22.0. The van der Waals surface area contributed by atoms with Gasteiger partial charge in [0.25, 0.3) is 0 Å². The molecule has 0 bridgehead atoms.